The van der Waals surface area contributed by atoms with Crippen molar-refractivity contribution in [1.29, 1.82) is 0 Å². The molecule has 0 aromatic heterocycles. The first-order valence-electron chi connectivity index (χ1n) is 10.0. The third-order valence-electron chi connectivity index (χ3n) is 4.98. The first kappa shape index (κ1) is 22.2. The highest BCUT2D eigenvalue weighted by Gasteiger charge is 2.22. The fourth-order valence-electron chi connectivity index (χ4n) is 3.30. The minimum Gasteiger partial charge on any atom is -0.299 e. The van der Waals surface area contributed by atoms with Crippen LogP contribution in [0.5, 0.6) is 0 Å². The Morgan fingerprint density at radius 1 is 1.12 bits per heavy atom. The molecule has 1 fully saturated rings. The highest BCUT2D eigenvalue weighted by Crippen LogP contribution is 2.26. The maximum absolute atomic E-state index is 11.5. The van der Waals surface area contributed by atoms with E-state index in [0.717, 1.165) is 32.1 Å². The average molecular weight is 356 g/mol. The lowest BCUT2D eigenvalue weighted by Gasteiger charge is -2.21. The molecule has 1 aliphatic rings. The zero-order valence-corrected chi connectivity index (χ0v) is 16.7. The molecule has 0 spiro atoms. The number of benzene rings is 1. The van der Waals surface area contributed by atoms with E-state index in [0.29, 0.717) is 18.1 Å². The van der Waals surface area contributed by atoms with Crippen molar-refractivity contribution in [3.8, 4) is 12.3 Å². The molecular formula is C24H35O2. The number of carbonyl (C=O) groups excluding carboxylic acids is 2. The number of unbranched alkanes of at least 4 members (excludes halogenated alkanes) is 1. The van der Waals surface area contributed by atoms with Gasteiger partial charge in [-0.1, -0.05) is 62.9 Å². The lowest BCUT2D eigenvalue weighted by Crippen LogP contribution is -2.21. The first-order chi connectivity index (χ1) is 12.4. The van der Waals surface area contributed by atoms with Gasteiger partial charge >= 0.3 is 0 Å². The number of hydrogen-bond acceptors (Lipinski definition) is 2. The molecule has 1 saturated carbocycles. The van der Waals surface area contributed by atoms with Crippen molar-refractivity contribution in [3.05, 3.63) is 35.4 Å². The molecule has 0 N–H and O–H groups in total. The van der Waals surface area contributed by atoms with Gasteiger partial charge in [-0.3, -0.25) is 9.59 Å². The van der Waals surface area contributed by atoms with Gasteiger partial charge in [-0.15, -0.1) is 6.42 Å². The van der Waals surface area contributed by atoms with Gasteiger partial charge in [-0.25, -0.2) is 0 Å². The number of carbonyl (C=O) groups is 2. The molecule has 0 aliphatic heterocycles. The van der Waals surface area contributed by atoms with Crippen LogP contribution in [0.15, 0.2) is 24.3 Å². The number of aryl methyl sites for hydroxylation is 2. The summed E-state index contributed by atoms with van der Waals surface area (Å²) >= 11 is 0. The molecule has 1 aromatic carbocycles. The summed E-state index contributed by atoms with van der Waals surface area (Å²) < 4.78 is 0. The number of Topliss-reactive ketones (excluding diaryl/α,β-unsaturated/α-hetero) is 2. The van der Waals surface area contributed by atoms with E-state index in [4.69, 9.17) is 6.42 Å². The van der Waals surface area contributed by atoms with E-state index in [1.807, 2.05) is 13.8 Å². The molecule has 1 radical (unpaired) electrons. The Balaban J connectivity index is 0.000000504. The van der Waals surface area contributed by atoms with Crippen LogP contribution in [-0.2, 0) is 16.0 Å². The predicted octanol–water partition coefficient (Wildman–Crippen LogP) is 5.81. The largest absolute Gasteiger partial charge is 0.299 e. The van der Waals surface area contributed by atoms with Crippen LogP contribution in [0.2, 0.25) is 0 Å². The van der Waals surface area contributed by atoms with Crippen molar-refractivity contribution >= 4 is 11.6 Å². The van der Waals surface area contributed by atoms with Gasteiger partial charge in [0.05, 0.1) is 0 Å². The number of rotatable bonds is 7. The first-order valence-corrected chi connectivity index (χ1v) is 10.0. The maximum Gasteiger partial charge on any atom is 0.205 e. The van der Waals surface area contributed by atoms with Crippen LogP contribution in [0.1, 0.15) is 77.8 Å². The number of terminal acetylenes is 1. The minimum absolute atomic E-state index is 0. The predicted molar refractivity (Wildman–Crippen MR) is 110 cm³/mol. The van der Waals surface area contributed by atoms with E-state index in [1.165, 1.54) is 30.4 Å². The second kappa shape index (κ2) is 12.5. The monoisotopic (exact) mass is 355 g/mol. The summed E-state index contributed by atoms with van der Waals surface area (Å²) in [5.74, 6) is 3.19. The van der Waals surface area contributed by atoms with Crippen molar-refractivity contribution in [1.82, 2.24) is 0 Å². The Morgan fingerprint density at radius 3 is 2.27 bits per heavy atom. The highest BCUT2D eigenvalue weighted by molar-refractivity contribution is 5.94. The lowest BCUT2D eigenvalue weighted by molar-refractivity contribution is -0.126. The fraction of sp³-hybridized carbons (Fsp3) is 0.583. The normalized spacial score (nSPS) is 14.3. The van der Waals surface area contributed by atoms with Gasteiger partial charge in [0.15, 0.2) is 0 Å². The van der Waals surface area contributed by atoms with Crippen molar-refractivity contribution < 1.29 is 11.0 Å². The molecule has 1 aromatic rings. The molecule has 0 atom stereocenters. The smallest absolute Gasteiger partial charge is 0.205 e. The minimum atomic E-state index is -0.0843. The van der Waals surface area contributed by atoms with Gasteiger partial charge in [0.1, 0.15) is 5.78 Å². The second-order valence-corrected chi connectivity index (χ2v) is 7.65. The van der Waals surface area contributed by atoms with Crippen molar-refractivity contribution in [2.24, 2.45) is 11.8 Å². The molecule has 1 aliphatic carbocycles. The zero-order valence-electron chi connectivity index (χ0n) is 17.7. The molecule has 26 heavy (non-hydrogen) atoms. The van der Waals surface area contributed by atoms with Crippen LogP contribution in [0, 0.1) is 31.1 Å². The maximum atomic E-state index is 11.5. The molecule has 143 valence electrons. The molecule has 2 nitrogen and oxygen atoms in total. The number of ketones is 2. The van der Waals surface area contributed by atoms with Gasteiger partial charge in [-0.05, 0) is 50.5 Å². The van der Waals surface area contributed by atoms with Gasteiger partial charge in [-0.2, -0.15) is 0 Å². The Hall–Kier alpha value is -1.88. The Kier molecular flexibility index (Phi) is 10.6. The van der Waals surface area contributed by atoms with Crippen LogP contribution in [0.3, 0.4) is 0 Å². The fourth-order valence-corrected chi connectivity index (χ4v) is 3.30. The van der Waals surface area contributed by atoms with Crippen molar-refractivity contribution in [3.63, 3.8) is 0 Å². The third-order valence-corrected chi connectivity index (χ3v) is 4.98. The van der Waals surface area contributed by atoms with Crippen LogP contribution in [-0.4, -0.2) is 11.6 Å². The average Bonchev–Trinajstić information content (AvgIpc) is 2.67. The Bertz CT molecular complexity index is 590. The lowest BCUT2D eigenvalue weighted by atomic mass is 9.83. The van der Waals surface area contributed by atoms with Crippen LogP contribution in [0.4, 0.5) is 0 Å². The summed E-state index contributed by atoms with van der Waals surface area (Å²) in [5.41, 5.74) is 2.61. The summed E-state index contributed by atoms with van der Waals surface area (Å²) in [6, 6.07) is 8.50. The van der Waals surface area contributed by atoms with E-state index in [9.17, 15) is 9.59 Å². The molecule has 2 heteroatoms. The second-order valence-electron chi connectivity index (χ2n) is 7.65. The van der Waals surface area contributed by atoms with Crippen molar-refractivity contribution in [2.75, 3.05) is 0 Å². The van der Waals surface area contributed by atoms with E-state index in [1.54, 1.807) is 0 Å². The number of hydrogen-bond donors (Lipinski definition) is 0. The highest BCUT2D eigenvalue weighted by atomic mass is 16.1. The van der Waals surface area contributed by atoms with E-state index >= 15 is 0 Å². The van der Waals surface area contributed by atoms with Gasteiger partial charge in [0.2, 0.25) is 5.78 Å². The topological polar surface area (TPSA) is 34.1 Å². The molecule has 0 unspecified atom stereocenters. The van der Waals surface area contributed by atoms with E-state index < -0.39 is 0 Å². The van der Waals surface area contributed by atoms with E-state index in [2.05, 4.69) is 37.1 Å². The van der Waals surface area contributed by atoms with Crippen LogP contribution < -0.4 is 0 Å². The van der Waals surface area contributed by atoms with Crippen LogP contribution >= 0.6 is 0 Å². The van der Waals surface area contributed by atoms with E-state index in [-0.39, 0.29) is 13.1 Å². The third kappa shape index (κ3) is 8.99. The molecule has 0 saturated heterocycles. The standard InChI is InChI=1S/C14H16O.C10H18O.H/c1-3-14(15)7-5-4-6-13-10-8-12(2)9-11-13;1-8(2)10(11)9-6-4-3-5-7-9;/h1,8-11H,4-7H2,2H3;8-9H,3-7H2,1-2H3;. The molecule has 0 bridgehead atoms. The summed E-state index contributed by atoms with van der Waals surface area (Å²) in [4.78, 5) is 22.3. The quantitative estimate of drug-likeness (QED) is 0.351. The molecule has 0 heterocycles. The Labute approximate surface area is 161 Å². The van der Waals surface area contributed by atoms with Gasteiger partial charge in [0, 0.05) is 19.7 Å². The summed E-state index contributed by atoms with van der Waals surface area (Å²) in [6.45, 7) is 6.10. The summed E-state index contributed by atoms with van der Waals surface area (Å²) in [6.07, 6.45) is 14.6. The van der Waals surface area contributed by atoms with Gasteiger partial charge in [0.25, 0.3) is 0 Å². The molecule has 0 amide bonds. The Morgan fingerprint density at radius 2 is 1.73 bits per heavy atom. The van der Waals surface area contributed by atoms with Gasteiger partial charge < -0.3 is 0 Å². The SMILES string of the molecule is C#CC(=O)CCCCc1ccc(C)cc1.CC(C)C(=O)C1CCCCC1.[H]. The summed E-state index contributed by atoms with van der Waals surface area (Å²) in [7, 11) is 0. The zero-order chi connectivity index (χ0) is 19.4. The summed E-state index contributed by atoms with van der Waals surface area (Å²) in [5, 5.41) is 0. The molecule has 2 rings (SSSR count). The van der Waals surface area contributed by atoms with Crippen LogP contribution in [0.25, 0.3) is 0 Å². The van der Waals surface area contributed by atoms with Crippen molar-refractivity contribution in [2.45, 2.75) is 78.6 Å². The molecular weight excluding hydrogens is 320 g/mol.